The van der Waals surface area contributed by atoms with Crippen LogP contribution < -0.4 is 10.1 Å². The van der Waals surface area contributed by atoms with E-state index in [0.29, 0.717) is 16.9 Å². The Morgan fingerprint density at radius 1 is 1.15 bits per heavy atom. The van der Waals surface area contributed by atoms with E-state index < -0.39 is 0 Å². The number of carbonyl (C=O) groups is 1. The summed E-state index contributed by atoms with van der Waals surface area (Å²) in [6.45, 7) is 0.207. The summed E-state index contributed by atoms with van der Waals surface area (Å²) >= 11 is 0. The van der Waals surface area contributed by atoms with Crippen LogP contribution in [-0.2, 0) is 6.54 Å². The van der Waals surface area contributed by atoms with Crippen LogP contribution in [-0.4, -0.2) is 23.2 Å². The van der Waals surface area contributed by atoms with E-state index in [1.54, 1.807) is 30.3 Å². The molecule has 0 aliphatic carbocycles. The van der Waals surface area contributed by atoms with E-state index in [9.17, 15) is 15.0 Å². The van der Waals surface area contributed by atoms with Gasteiger partial charge in [0.2, 0.25) is 0 Å². The second kappa shape index (κ2) is 5.97. The topological polar surface area (TPSA) is 78.8 Å². The fraction of sp³-hybridized carbons (Fsp3) is 0.133. The van der Waals surface area contributed by atoms with Crippen LogP contribution >= 0.6 is 0 Å². The quantitative estimate of drug-likeness (QED) is 0.796. The minimum absolute atomic E-state index is 0.0947. The van der Waals surface area contributed by atoms with Crippen molar-refractivity contribution >= 4 is 5.91 Å². The SMILES string of the molecule is COc1ccc(C(=O)NCc2ccccc2O)cc1O. The number of hydrogen-bond acceptors (Lipinski definition) is 4. The van der Waals surface area contributed by atoms with E-state index in [2.05, 4.69) is 5.32 Å². The number of phenolic OH excluding ortho intramolecular Hbond substituents is 2. The Kier molecular flexibility index (Phi) is 4.10. The highest BCUT2D eigenvalue weighted by Gasteiger charge is 2.10. The highest BCUT2D eigenvalue weighted by atomic mass is 16.5. The molecule has 0 aliphatic heterocycles. The molecule has 3 N–H and O–H groups in total. The summed E-state index contributed by atoms with van der Waals surface area (Å²) in [5, 5.41) is 21.9. The molecule has 5 nitrogen and oxygen atoms in total. The van der Waals surface area contributed by atoms with Crippen LogP contribution in [0.5, 0.6) is 17.2 Å². The van der Waals surface area contributed by atoms with Crippen LogP contribution in [0.2, 0.25) is 0 Å². The first-order valence-electron chi connectivity index (χ1n) is 6.04. The molecular weight excluding hydrogens is 258 g/mol. The Labute approximate surface area is 116 Å². The number of rotatable bonds is 4. The number of aromatic hydroxyl groups is 2. The highest BCUT2D eigenvalue weighted by molar-refractivity contribution is 5.94. The highest BCUT2D eigenvalue weighted by Crippen LogP contribution is 2.26. The summed E-state index contributed by atoms with van der Waals surface area (Å²) < 4.78 is 4.91. The molecule has 0 spiro atoms. The zero-order chi connectivity index (χ0) is 14.5. The monoisotopic (exact) mass is 273 g/mol. The number of para-hydroxylation sites is 1. The summed E-state index contributed by atoms with van der Waals surface area (Å²) in [6, 6.07) is 11.2. The number of carbonyl (C=O) groups excluding carboxylic acids is 1. The second-order valence-electron chi connectivity index (χ2n) is 4.20. The average molecular weight is 273 g/mol. The van der Waals surface area contributed by atoms with Gasteiger partial charge in [0.15, 0.2) is 11.5 Å². The zero-order valence-electron chi connectivity index (χ0n) is 11.0. The molecule has 0 bridgehead atoms. The first-order valence-corrected chi connectivity index (χ1v) is 6.04. The van der Waals surface area contributed by atoms with Crippen LogP contribution in [0.25, 0.3) is 0 Å². The summed E-state index contributed by atoms with van der Waals surface area (Å²) in [4.78, 5) is 11.9. The molecule has 2 rings (SSSR count). The van der Waals surface area contributed by atoms with Crippen molar-refractivity contribution in [3.63, 3.8) is 0 Å². The maximum Gasteiger partial charge on any atom is 0.251 e. The van der Waals surface area contributed by atoms with Crippen molar-refractivity contribution in [3.8, 4) is 17.2 Å². The summed E-state index contributed by atoms with van der Waals surface area (Å²) in [7, 11) is 1.44. The third-order valence-electron chi connectivity index (χ3n) is 2.87. The van der Waals surface area contributed by atoms with Crippen LogP contribution in [0.4, 0.5) is 0 Å². The smallest absolute Gasteiger partial charge is 0.251 e. The fourth-order valence-corrected chi connectivity index (χ4v) is 1.77. The first-order chi connectivity index (χ1) is 9.61. The molecule has 0 radical (unpaired) electrons. The van der Waals surface area contributed by atoms with Gasteiger partial charge in [-0.05, 0) is 24.3 Å². The Morgan fingerprint density at radius 2 is 1.90 bits per heavy atom. The minimum atomic E-state index is -0.341. The first kappa shape index (κ1) is 13.7. The lowest BCUT2D eigenvalue weighted by molar-refractivity contribution is 0.0950. The van der Waals surface area contributed by atoms with Crippen molar-refractivity contribution in [3.05, 3.63) is 53.6 Å². The van der Waals surface area contributed by atoms with E-state index in [1.165, 1.54) is 19.2 Å². The van der Waals surface area contributed by atoms with Gasteiger partial charge in [0.05, 0.1) is 7.11 Å². The molecule has 0 fully saturated rings. The molecule has 0 saturated carbocycles. The normalized spacial score (nSPS) is 10.1. The van der Waals surface area contributed by atoms with Crippen molar-refractivity contribution in [2.45, 2.75) is 6.54 Å². The largest absolute Gasteiger partial charge is 0.508 e. The van der Waals surface area contributed by atoms with Crippen molar-refractivity contribution in [2.24, 2.45) is 0 Å². The predicted octanol–water partition coefficient (Wildman–Crippen LogP) is 2.04. The van der Waals surface area contributed by atoms with Crippen molar-refractivity contribution in [2.75, 3.05) is 7.11 Å². The van der Waals surface area contributed by atoms with Gasteiger partial charge in [-0.2, -0.15) is 0 Å². The van der Waals surface area contributed by atoms with Gasteiger partial charge in [-0.15, -0.1) is 0 Å². The molecule has 2 aromatic rings. The minimum Gasteiger partial charge on any atom is -0.508 e. The summed E-state index contributed by atoms with van der Waals surface area (Å²) in [5.41, 5.74) is 0.942. The number of hydrogen-bond donors (Lipinski definition) is 3. The molecule has 0 saturated heterocycles. The van der Waals surface area contributed by atoms with Gasteiger partial charge >= 0.3 is 0 Å². The van der Waals surface area contributed by atoms with Crippen molar-refractivity contribution in [1.29, 1.82) is 0 Å². The number of benzene rings is 2. The Bertz CT molecular complexity index is 625. The molecule has 1 amide bonds. The maximum absolute atomic E-state index is 11.9. The molecule has 0 aliphatic rings. The number of phenols is 2. The lowest BCUT2D eigenvalue weighted by Crippen LogP contribution is -2.22. The molecule has 0 aromatic heterocycles. The third kappa shape index (κ3) is 3.00. The molecule has 104 valence electrons. The van der Waals surface area contributed by atoms with Crippen molar-refractivity contribution in [1.82, 2.24) is 5.32 Å². The van der Waals surface area contributed by atoms with E-state index in [4.69, 9.17) is 4.74 Å². The maximum atomic E-state index is 11.9. The van der Waals surface area contributed by atoms with Gasteiger partial charge in [-0.3, -0.25) is 4.79 Å². The van der Waals surface area contributed by atoms with E-state index in [1.807, 2.05) is 0 Å². The average Bonchev–Trinajstić information content (AvgIpc) is 2.46. The van der Waals surface area contributed by atoms with Crippen LogP contribution in [0.1, 0.15) is 15.9 Å². The van der Waals surface area contributed by atoms with Gasteiger partial charge in [0, 0.05) is 17.7 Å². The van der Waals surface area contributed by atoms with E-state index in [0.717, 1.165) is 0 Å². The van der Waals surface area contributed by atoms with Gasteiger partial charge in [0.1, 0.15) is 5.75 Å². The van der Waals surface area contributed by atoms with E-state index in [-0.39, 0.29) is 24.0 Å². The number of methoxy groups -OCH3 is 1. The molecule has 20 heavy (non-hydrogen) atoms. The van der Waals surface area contributed by atoms with Gasteiger partial charge in [-0.1, -0.05) is 18.2 Å². The third-order valence-corrected chi connectivity index (χ3v) is 2.87. The molecular formula is C15H15NO4. The standard InChI is InChI=1S/C15H15NO4/c1-20-14-7-6-10(8-13(14)18)15(19)16-9-11-4-2-3-5-12(11)17/h2-8,17-18H,9H2,1H3,(H,16,19). The summed E-state index contributed by atoms with van der Waals surface area (Å²) in [5.74, 6) is 0.00143. The van der Waals surface area contributed by atoms with Gasteiger partial charge in [0.25, 0.3) is 5.91 Å². The lowest BCUT2D eigenvalue weighted by Gasteiger charge is -2.08. The molecule has 0 unspecified atom stereocenters. The Hall–Kier alpha value is -2.69. The lowest BCUT2D eigenvalue weighted by atomic mass is 10.1. The molecule has 5 heteroatoms. The Balaban J connectivity index is 2.05. The Morgan fingerprint density at radius 3 is 2.55 bits per heavy atom. The fourth-order valence-electron chi connectivity index (χ4n) is 1.77. The number of amides is 1. The van der Waals surface area contributed by atoms with Gasteiger partial charge < -0.3 is 20.3 Å². The summed E-state index contributed by atoms with van der Waals surface area (Å²) in [6.07, 6.45) is 0. The predicted molar refractivity (Wildman–Crippen MR) is 73.9 cm³/mol. The van der Waals surface area contributed by atoms with Crippen LogP contribution in [0.3, 0.4) is 0 Å². The molecule has 0 atom stereocenters. The number of nitrogens with one attached hydrogen (secondary N) is 1. The zero-order valence-corrected chi connectivity index (χ0v) is 11.0. The molecule has 0 heterocycles. The van der Waals surface area contributed by atoms with Crippen molar-refractivity contribution < 1.29 is 19.7 Å². The van der Waals surface area contributed by atoms with Crippen LogP contribution in [0.15, 0.2) is 42.5 Å². The van der Waals surface area contributed by atoms with Gasteiger partial charge in [-0.25, -0.2) is 0 Å². The van der Waals surface area contributed by atoms with E-state index >= 15 is 0 Å². The number of ether oxygens (including phenoxy) is 1. The molecule has 2 aromatic carbocycles. The van der Waals surface area contributed by atoms with Crippen LogP contribution in [0, 0.1) is 0 Å². The second-order valence-corrected chi connectivity index (χ2v) is 4.20.